The molecule has 0 N–H and O–H groups in total. The molecule has 0 aromatic heterocycles. The van der Waals surface area contributed by atoms with Gasteiger partial charge in [0.15, 0.2) is 0 Å². The first-order chi connectivity index (χ1) is 9.49. The molecule has 4 heteroatoms. The number of likely N-dealkylation sites (N-methyl/N-ethyl adjacent to an activating group) is 2. The van der Waals surface area contributed by atoms with E-state index in [-0.39, 0.29) is 11.7 Å². The van der Waals surface area contributed by atoms with Gasteiger partial charge in [0, 0.05) is 25.2 Å². The molecule has 0 bridgehead atoms. The Labute approximate surface area is 120 Å². The second-order valence-corrected chi connectivity index (χ2v) is 5.83. The summed E-state index contributed by atoms with van der Waals surface area (Å²) >= 11 is 0. The van der Waals surface area contributed by atoms with E-state index in [1.54, 1.807) is 30.1 Å². The van der Waals surface area contributed by atoms with Crippen LogP contribution in [0.5, 0.6) is 0 Å². The molecular formula is C16H23FN2O. The van der Waals surface area contributed by atoms with Crippen molar-refractivity contribution in [1.29, 1.82) is 0 Å². The molecule has 0 spiro atoms. The predicted octanol–water partition coefficient (Wildman–Crippen LogP) is 2.51. The van der Waals surface area contributed by atoms with Crippen LogP contribution in [0.1, 0.15) is 25.3 Å². The summed E-state index contributed by atoms with van der Waals surface area (Å²) in [6.07, 6.45) is 2.54. The average molecular weight is 278 g/mol. The molecule has 1 aliphatic carbocycles. The first-order valence-corrected chi connectivity index (χ1v) is 7.16. The average Bonchev–Trinajstić information content (AvgIpc) is 3.24. The quantitative estimate of drug-likeness (QED) is 0.798. The van der Waals surface area contributed by atoms with E-state index in [2.05, 4.69) is 11.8 Å². The number of rotatable bonds is 6. The molecule has 110 valence electrons. The van der Waals surface area contributed by atoms with Gasteiger partial charge in [-0.2, -0.15) is 0 Å². The summed E-state index contributed by atoms with van der Waals surface area (Å²) in [5, 5.41) is 0. The minimum absolute atomic E-state index is 0.0308. The van der Waals surface area contributed by atoms with E-state index in [1.165, 1.54) is 18.9 Å². The summed E-state index contributed by atoms with van der Waals surface area (Å²) in [5.41, 5.74) is 0.557. The lowest BCUT2D eigenvalue weighted by Crippen LogP contribution is -2.40. The molecule has 1 amide bonds. The van der Waals surface area contributed by atoms with Gasteiger partial charge in [-0.1, -0.05) is 18.2 Å². The maximum Gasteiger partial charge on any atom is 0.236 e. The number of carbonyl (C=O) groups excluding carboxylic acids is 1. The van der Waals surface area contributed by atoms with Crippen LogP contribution in [-0.4, -0.2) is 42.4 Å². The lowest BCUT2D eigenvalue weighted by atomic mass is 10.2. The fourth-order valence-corrected chi connectivity index (χ4v) is 2.39. The van der Waals surface area contributed by atoms with Crippen molar-refractivity contribution in [3.63, 3.8) is 0 Å². The van der Waals surface area contributed by atoms with Gasteiger partial charge in [-0.3, -0.25) is 9.69 Å². The van der Waals surface area contributed by atoms with E-state index in [1.807, 2.05) is 7.05 Å². The highest BCUT2D eigenvalue weighted by molar-refractivity contribution is 5.78. The van der Waals surface area contributed by atoms with Crippen LogP contribution in [0.25, 0.3) is 0 Å². The van der Waals surface area contributed by atoms with Crippen molar-refractivity contribution in [2.75, 3.05) is 20.6 Å². The SMILES string of the molecule is CC(C1CC1)N(C)CC(=O)N(C)Cc1ccccc1F. The molecule has 3 nitrogen and oxygen atoms in total. The molecule has 1 aromatic carbocycles. The maximum atomic E-state index is 13.6. The van der Waals surface area contributed by atoms with Crippen LogP contribution >= 0.6 is 0 Å². The third-order valence-corrected chi connectivity index (χ3v) is 4.18. The number of hydrogen-bond donors (Lipinski definition) is 0. The second-order valence-electron chi connectivity index (χ2n) is 5.83. The predicted molar refractivity (Wildman–Crippen MR) is 77.7 cm³/mol. The highest BCUT2D eigenvalue weighted by Crippen LogP contribution is 2.34. The summed E-state index contributed by atoms with van der Waals surface area (Å²) in [5.74, 6) is 0.514. The summed E-state index contributed by atoms with van der Waals surface area (Å²) in [7, 11) is 3.71. The zero-order chi connectivity index (χ0) is 14.7. The van der Waals surface area contributed by atoms with E-state index >= 15 is 0 Å². The second kappa shape index (κ2) is 6.35. The molecule has 0 heterocycles. The van der Waals surface area contributed by atoms with Crippen molar-refractivity contribution < 1.29 is 9.18 Å². The minimum Gasteiger partial charge on any atom is -0.340 e. The van der Waals surface area contributed by atoms with E-state index in [0.29, 0.717) is 24.7 Å². The van der Waals surface area contributed by atoms with Gasteiger partial charge in [0.1, 0.15) is 5.82 Å². The van der Waals surface area contributed by atoms with E-state index < -0.39 is 0 Å². The molecule has 1 unspecified atom stereocenters. The first-order valence-electron chi connectivity index (χ1n) is 7.16. The lowest BCUT2D eigenvalue weighted by molar-refractivity contribution is -0.131. The minimum atomic E-state index is -0.258. The zero-order valence-electron chi connectivity index (χ0n) is 12.5. The van der Waals surface area contributed by atoms with Gasteiger partial charge in [0.25, 0.3) is 0 Å². The fraction of sp³-hybridized carbons (Fsp3) is 0.562. The van der Waals surface area contributed by atoms with Crippen LogP contribution in [0.3, 0.4) is 0 Å². The number of halogens is 1. The van der Waals surface area contributed by atoms with E-state index in [4.69, 9.17) is 0 Å². The molecule has 1 fully saturated rings. The van der Waals surface area contributed by atoms with E-state index in [0.717, 1.165) is 5.92 Å². The highest BCUT2D eigenvalue weighted by atomic mass is 19.1. The Bertz CT molecular complexity index is 473. The van der Waals surface area contributed by atoms with Gasteiger partial charge in [0.2, 0.25) is 5.91 Å². The fourth-order valence-electron chi connectivity index (χ4n) is 2.39. The van der Waals surface area contributed by atoms with Gasteiger partial charge >= 0.3 is 0 Å². The maximum absolute atomic E-state index is 13.6. The molecule has 1 aromatic rings. The zero-order valence-corrected chi connectivity index (χ0v) is 12.5. The first kappa shape index (κ1) is 15.0. The third-order valence-electron chi connectivity index (χ3n) is 4.18. The Hall–Kier alpha value is -1.42. The van der Waals surface area contributed by atoms with Gasteiger partial charge < -0.3 is 4.90 Å². The molecule has 0 saturated heterocycles. The molecular weight excluding hydrogens is 255 g/mol. The van der Waals surface area contributed by atoms with Crippen LogP contribution in [0.2, 0.25) is 0 Å². The summed E-state index contributed by atoms with van der Waals surface area (Å²) in [6.45, 7) is 2.88. The Kier molecular flexibility index (Phi) is 4.76. The van der Waals surface area contributed by atoms with Crippen LogP contribution < -0.4 is 0 Å². The normalized spacial score (nSPS) is 16.2. The molecule has 1 saturated carbocycles. The highest BCUT2D eigenvalue weighted by Gasteiger charge is 2.31. The third kappa shape index (κ3) is 3.79. The van der Waals surface area contributed by atoms with Crippen LogP contribution in [0.15, 0.2) is 24.3 Å². The number of amides is 1. The van der Waals surface area contributed by atoms with Crippen molar-refractivity contribution in [2.45, 2.75) is 32.4 Å². The standard InChI is InChI=1S/C16H23FN2O/c1-12(13-8-9-13)18(2)11-16(20)19(3)10-14-6-4-5-7-15(14)17/h4-7,12-13H,8-11H2,1-3H3. The summed E-state index contributed by atoms with van der Waals surface area (Å²) in [6, 6.07) is 7.04. The van der Waals surface area contributed by atoms with Crippen molar-refractivity contribution in [1.82, 2.24) is 9.80 Å². The lowest BCUT2D eigenvalue weighted by Gasteiger charge is -2.26. The van der Waals surface area contributed by atoms with E-state index in [9.17, 15) is 9.18 Å². The molecule has 20 heavy (non-hydrogen) atoms. The molecule has 0 radical (unpaired) electrons. The monoisotopic (exact) mass is 278 g/mol. The van der Waals surface area contributed by atoms with Crippen LogP contribution in [0, 0.1) is 11.7 Å². The van der Waals surface area contributed by atoms with Gasteiger partial charge in [-0.15, -0.1) is 0 Å². The van der Waals surface area contributed by atoms with Crippen molar-refractivity contribution in [3.05, 3.63) is 35.6 Å². The number of nitrogens with zero attached hydrogens (tertiary/aromatic N) is 2. The number of carbonyl (C=O) groups is 1. The molecule has 1 atom stereocenters. The Morgan fingerprint density at radius 1 is 1.35 bits per heavy atom. The molecule has 0 aliphatic heterocycles. The van der Waals surface area contributed by atoms with Crippen molar-refractivity contribution in [3.8, 4) is 0 Å². The summed E-state index contributed by atoms with van der Waals surface area (Å²) in [4.78, 5) is 15.9. The smallest absolute Gasteiger partial charge is 0.236 e. The molecule has 1 aliphatic rings. The largest absolute Gasteiger partial charge is 0.340 e. The molecule has 2 rings (SSSR count). The number of hydrogen-bond acceptors (Lipinski definition) is 2. The van der Waals surface area contributed by atoms with Crippen LogP contribution in [-0.2, 0) is 11.3 Å². The summed E-state index contributed by atoms with van der Waals surface area (Å²) < 4.78 is 13.6. The van der Waals surface area contributed by atoms with Gasteiger partial charge in [-0.25, -0.2) is 4.39 Å². The Balaban J connectivity index is 1.87. The van der Waals surface area contributed by atoms with Crippen LogP contribution in [0.4, 0.5) is 4.39 Å². The van der Waals surface area contributed by atoms with Gasteiger partial charge in [0.05, 0.1) is 6.54 Å². The van der Waals surface area contributed by atoms with Crippen molar-refractivity contribution in [2.24, 2.45) is 5.92 Å². The van der Waals surface area contributed by atoms with Crippen molar-refractivity contribution >= 4 is 5.91 Å². The van der Waals surface area contributed by atoms with Gasteiger partial charge in [-0.05, 0) is 38.8 Å². The Morgan fingerprint density at radius 3 is 2.60 bits per heavy atom. The Morgan fingerprint density at radius 2 is 2.00 bits per heavy atom. The topological polar surface area (TPSA) is 23.6 Å². The number of benzene rings is 1.